The lowest BCUT2D eigenvalue weighted by Crippen LogP contribution is -2.33. The number of halogens is 1. The number of hydrogen-bond donors (Lipinski definition) is 0. The van der Waals surface area contributed by atoms with Crippen LogP contribution in [-0.4, -0.2) is 4.57 Å². The van der Waals surface area contributed by atoms with E-state index in [-0.39, 0.29) is 16.9 Å². The van der Waals surface area contributed by atoms with E-state index in [2.05, 4.69) is 0 Å². The van der Waals surface area contributed by atoms with E-state index in [0.29, 0.717) is 5.39 Å². The summed E-state index contributed by atoms with van der Waals surface area (Å²) in [5.74, 6) is -0.374. The first kappa shape index (κ1) is 11.8. The molecule has 0 saturated heterocycles. The van der Waals surface area contributed by atoms with Crippen molar-refractivity contribution in [3.05, 3.63) is 46.1 Å². The van der Waals surface area contributed by atoms with Crippen LogP contribution in [0.4, 0.5) is 4.39 Å². The molecule has 3 heteroatoms. The van der Waals surface area contributed by atoms with E-state index < -0.39 is 0 Å². The molecule has 0 atom stereocenters. The van der Waals surface area contributed by atoms with Crippen LogP contribution in [0, 0.1) is 12.7 Å². The van der Waals surface area contributed by atoms with Crippen LogP contribution >= 0.6 is 0 Å². The number of nitrogens with zero attached hydrogens (tertiary/aromatic N) is 1. The summed E-state index contributed by atoms with van der Waals surface area (Å²) in [6.45, 7) is 7.80. The highest BCUT2D eigenvalue weighted by Crippen LogP contribution is 2.19. The van der Waals surface area contributed by atoms with E-state index in [1.165, 1.54) is 12.1 Å². The number of aryl methyl sites for hydroxylation is 1. The van der Waals surface area contributed by atoms with Crippen LogP contribution < -0.4 is 5.56 Å². The molecule has 0 N–H and O–H groups in total. The molecule has 0 unspecified atom stereocenters. The van der Waals surface area contributed by atoms with Gasteiger partial charge < -0.3 is 4.57 Å². The van der Waals surface area contributed by atoms with Crippen LogP contribution in [0.1, 0.15) is 26.3 Å². The number of fused-ring (bicyclic) bond motifs is 1. The van der Waals surface area contributed by atoms with Gasteiger partial charge in [-0.1, -0.05) is 6.07 Å². The molecule has 1 aromatic carbocycles. The highest BCUT2D eigenvalue weighted by atomic mass is 19.1. The number of hydrogen-bond acceptors (Lipinski definition) is 1. The Morgan fingerprint density at radius 3 is 2.41 bits per heavy atom. The summed E-state index contributed by atoms with van der Waals surface area (Å²) in [5.41, 5.74) is 0.537. The lowest BCUT2D eigenvalue weighted by Gasteiger charge is -2.23. The molecule has 1 aromatic heterocycles. The van der Waals surface area contributed by atoms with Crippen LogP contribution in [0.25, 0.3) is 10.8 Å². The Labute approximate surface area is 99.7 Å². The van der Waals surface area contributed by atoms with Gasteiger partial charge in [-0.15, -0.1) is 0 Å². The largest absolute Gasteiger partial charge is 0.309 e. The Bertz CT molecular complexity index is 635. The van der Waals surface area contributed by atoms with Gasteiger partial charge >= 0.3 is 0 Å². The molecule has 90 valence electrons. The van der Waals surface area contributed by atoms with Gasteiger partial charge in [0.05, 0.1) is 5.39 Å². The molecule has 0 saturated carbocycles. The Hall–Kier alpha value is -1.64. The second kappa shape index (κ2) is 3.69. The van der Waals surface area contributed by atoms with E-state index in [1.54, 1.807) is 10.6 Å². The van der Waals surface area contributed by atoms with Gasteiger partial charge in [0.2, 0.25) is 0 Å². The molecule has 0 bridgehead atoms. The fraction of sp³-hybridized carbons (Fsp3) is 0.357. The third-order valence-electron chi connectivity index (χ3n) is 2.90. The van der Waals surface area contributed by atoms with Crippen molar-refractivity contribution in [1.82, 2.24) is 4.57 Å². The summed E-state index contributed by atoms with van der Waals surface area (Å²) >= 11 is 0. The molecule has 2 rings (SSSR count). The molecule has 2 nitrogen and oxygen atoms in total. The van der Waals surface area contributed by atoms with Crippen molar-refractivity contribution in [3.8, 4) is 0 Å². The summed E-state index contributed by atoms with van der Waals surface area (Å²) in [6, 6.07) is 4.36. The number of aromatic nitrogens is 1. The molecule has 0 amide bonds. The van der Waals surface area contributed by atoms with Gasteiger partial charge in [0, 0.05) is 11.7 Å². The Balaban J connectivity index is 2.93. The topological polar surface area (TPSA) is 22.0 Å². The fourth-order valence-electron chi connectivity index (χ4n) is 1.99. The number of pyridine rings is 1. The molecule has 0 fully saturated rings. The zero-order chi connectivity index (χ0) is 12.8. The van der Waals surface area contributed by atoms with E-state index in [9.17, 15) is 9.18 Å². The zero-order valence-electron chi connectivity index (χ0n) is 10.5. The molecule has 2 aromatic rings. The first-order valence-corrected chi connectivity index (χ1v) is 5.63. The Kier molecular flexibility index (Phi) is 2.57. The van der Waals surface area contributed by atoms with Crippen molar-refractivity contribution in [2.45, 2.75) is 33.2 Å². The van der Waals surface area contributed by atoms with Gasteiger partial charge in [0.1, 0.15) is 5.82 Å². The summed E-state index contributed by atoms with van der Waals surface area (Å²) in [7, 11) is 0. The minimum Gasteiger partial charge on any atom is -0.309 e. The van der Waals surface area contributed by atoms with E-state index in [0.717, 1.165) is 10.9 Å². The lowest BCUT2D eigenvalue weighted by molar-refractivity contribution is 0.385. The van der Waals surface area contributed by atoms with Gasteiger partial charge in [-0.25, -0.2) is 4.39 Å². The molecule has 0 radical (unpaired) electrons. The van der Waals surface area contributed by atoms with Crippen molar-refractivity contribution in [2.75, 3.05) is 0 Å². The smallest absolute Gasteiger partial charge is 0.259 e. The van der Waals surface area contributed by atoms with Crippen LogP contribution in [-0.2, 0) is 5.54 Å². The molecule has 0 aliphatic carbocycles. The molecular weight excluding hydrogens is 217 g/mol. The average Bonchev–Trinajstić information content (AvgIpc) is 2.21. The second-order valence-electron chi connectivity index (χ2n) is 5.35. The summed E-state index contributed by atoms with van der Waals surface area (Å²) in [4.78, 5) is 12.3. The number of rotatable bonds is 0. The first-order valence-electron chi connectivity index (χ1n) is 5.63. The maximum Gasteiger partial charge on any atom is 0.259 e. The molecule has 17 heavy (non-hydrogen) atoms. The summed E-state index contributed by atoms with van der Waals surface area (Å²) < 4.78 is 14.9. The van der Waals surface area contributed by atoms with E-state index >= 15 is 0 Å². The van der Waals surface area contributed by atoms with Gasteiger partial charge in [-0.2, -0.15) is 0 Å². The molecule has 1 heterocycles. The predicted octanol–water partition coefficient (Wildman–Crippen LogP) is 3.20. The summed E-state index contributed by atoms with van der Waals surface area (Å²) in [6.07, 6.45) is 1.84. The average molecular weight is 233 g/mol. The second-order valence-corrected chi connectivity index (χ2v) is 5.35. The minimum atomic E-state index is -0.374. The highest BCUT2D eigenvalue weighted by Gasteiger charge is 2.17. The van der Waals surface area contributed by atoms with Crippen LogP contribution in [0.15, 0.2) is 29.2 Å². The van der Waals surface area contributed by atoms with Gasteiger partial charge in [-0.3, -0.25) is 4.79 Å². The molecule has 0 aliphatic rings. The van der Waals surface area contributed by atoms with Crippen molar-refractivity contribution in [2.24, 2.45) is 0 Å². The standard InChI is InChI=1S/C14H16FNO/c1-9-8-16(14(2,3)4)13(17)12-7-10(15)5-6-11(9)12/h5-8H,1-4H3. The lowest BCUT2D eigenvalue weighted by atomic mass is 10.0. The normalized spacial score (nSPS) is 12.1. The van der Waals surface area contributed by atoms with Crippen molar-refractivity contribution in [1.29, 1.82) is 0 Å². The first-order chi connectivity index (χ1) is 7.80. The summed E-state index contributed by atoms with van der Waals surface area (Å²) in [5, 5.41) is 1.26. The maximum atomic E-state index is 13.2. The molecule has 0 aliphatic heterocycles. The van der Waals surface area contributed by atoms with Gasteiger partial charge in [0.15, 0.2) is 0 Å². The number of benzene rings is 1. The zero-order valence-corrected chi connectivity index (χ0v) is 10.5. The van der Waals surface area contributed by atoms with Crippen molar-refractivity contribution >= 4 is 10.8 Å². The SMILES string of the molecule is Cc1cn(C(C)(C)C)c(=O)c2cc(F)ccc12. The quantitative estimate of drug-likeness (QED) is 0.685. The van der Waals surface area contributed by atoms with Gasteiger partial charge in [-0.05, 0) is 50.8 Å². The monoisotopic (exact) mass is 233 g/mol. The highest BCUT2D eigenvalue weighted by molar-refractivity contribution is 5.84. The van der Waals surface area contributed by atoms with Gasteiger partial charge in [0.25, 0.3) is 5.56 Å². The maximum absolute atomic E-state index is 13.2. The van der Waals surface area contributed by atoms with Crippen LogP contribution in [0.5, 0.6) is 0 Å². The van der Waals surface area contributed by atoms with Crippen LogP contribution in [0.3, 0.4) is 0 Å². The molecule has 0 spiro atoms. The van der Waals surface area contributed by atoms with Crippen LogP contribution in [0.2, 0.25) is 0 Å². The minimum absolute atomic E-state index is 0.141. The van der Waals surface area contributed by atoms with Crippen molar-refractivity contribution in [3.63, 3.8) is 0 Å². The van der Waals surface area contributed by atoms with Crippen molar-refractivity contribution < 1.29 is 4.39 Å². The predicted molar refractivity (Wildman–Crippen MR) is 67.9 cm³/mol. The Morgan fingerprint density at radius 2 is 1.82 bits per heavy atom. The fourth-order valence-corrected chi connectivity index (χ4v) is 1.99. The van der Waals surface area contributed by atoms with E-state index in [4.69, 9.17) is 0 Å². The third-order valence-corrected chi connectivity index (χ3v) is 2.90. The third kappa shape index (κ3) is 1.97. The molecular formula is C14H16FNO. The van der Waals surface area contributed by atoms with E-state index in [1.807, 2.05) is 33.9 Å². The Morgan fingerprint density at radius 1 is 1.18 bits per heavy atom.